The van der Waals surface area contributed by atoms with Crippen molar-refractivity contribution in [3.05, 3.63) is 62.3 Å². The van der Waals surface area contributed by atoms with Crippen molar-refractivity contribution in [1.82, 2.24) is 0 Å². The first-order valence-electron chi connectivity index (χ1n) is 5.66. The Balaban J connectivity index is 2.24. The molecule has 4 heteroatoms. The van der Waals surface area contributed by atoms with Crippen LogP contribution in [-0.4, -0.2) is 5.11 Å². The summed E-state index contributed by atoms with van der Waals surface area (Å²) in [5.74, 6) is 0.681. The van der Waals surface area contributed by atoms with E-state index >= 15 is 0 Å². The minimum absolute atomic E-state index is 0.0668. The number of benzene rings is 2. The lowest BCUT2D eigenvalue weighted by Gasteiger charge is -2.03. The monoisotopic (exact) mass is 362 g/mol. The van der Waals surface area contributed by atoms with Gasteiger partial charge in [0.15, 0.2) is 5.43 Å². The highest BCUT2D eigenvalue weighted by Crippen LogP contribution is 2.24. The van der Waals surface area contributed by atoms with Crippen LogP contribution in [0.2, 0.25) is 0 Å². The fraction of sp³-hybridized carbons (Fsp3) is 0. The van der Waals surface area contributed by atoms with Gasteiger partial charge >= 0.3 is 0 Å². The molecule has 3 nitrogen and oxygen atoms in total. The number of hydrogen-bond acceptors (Lipinski definition) is 3. The molecule has 0 aliphatic rings. The number of phenolic OH excluding ortho intramolecular Hbond substituents is 1. The van der Waals surface area contributed by atoms with Gasteiger partial charge in [0.25, 0.3) is 0 Å². The van der Waals surface area contributed by atoms with Gasteiger partial charge in [-0.3, -0.25) is 4.79 Å². The Morgan fingerprint density at radius 1 is 1.00 bits per heavy atom. The minimum atomic E-state index is -0.0668. The van der Waals surface area contributed by atoms with Crippen molar-refractivity contribution < 1.29 is 9.52 Å². The standard InChI is InChI=1S/C15H9IO3/c16-10-3-6-14-12(7-10)13(18)8-15(19-14)9-1-4-11(17)5-2-9/h1-8,17H/i16-2. The molecule has 0 bridgehead atoms. The van der Waals surface area contributed by atoms with Crippen LogP contribution in [0.1, 0.15) is 0 Å². The van der Waals surface area contributed by atoms with Crippen LogP contribution in [0.15, 0.2) is 57.7 Å². The molecule has 0 aliphatic carbocycles. The Morgan fingerprint density at radius 2 is 1.74 bits per heavy atom. The van der Waals surface area contributed by atoms with Gasteiger partial charge in [-0.05, 0) is 65.1 Å². The second-order valence-corrected chi connectivity index (χ2v) is 5.41. The summed E-state index contributed by atoms with van der Waals surface area (Å²) in [5, 5.41) is 9.85. The van der Waals surface area contributed by atoms with Gasteiger partial charge in [0.05, 0.1) is 5.39 Å². The zero-order chi connectivity index (χ0) is 13.4. The van der Waals surface area contributed by atoms with E-state index in [0.717, 1.165) is 9.13 Å². The second-order valence-electron chi connectivity index (χ2n) is 4.16. The lowest BCUT2D eigenvalue weighted by atomic mass is 10.1. The quantitative estimate of drug-likeness (QED) is 0.671. The van der Waals surface area contributed by atoms with Crippen molar-refractivity contribution in [3.8, 4) is 17.1 Å². The highest BCUT2D eigenvalue weighted by Gasteiger charge is 2.07. The van der Waals surface area contributed by atoms with Crippen molar-refractivity contribution in [1.29, 1.82) is 0 Å². The Bertz CT molecular complexity index is 804. The van der Waals surface area contributed by atoms with Crippen molar-refractivity contribution in [3.63, 3.8) is 0 Å². The largest absolute Gasteiger partial charge is 0.508 e. The SMILES string of the molecule is O=c1cc(-c2ccc(O)cc2)oc2ccc([125I])cc12. The van der Waals surface area contributed by atoms with E-state index in [9.17, 15) is 9.90 Å². The molecule has 0 saturated heterocycles. The Kier molecular flexibility index (Phi) is 3.02. The molecule has 3 rings (SSSR count). The van der Waals surface area contributed by atoms with Crippen LogP contribution in [-0.2, 0) is 0 Å². The molecular formula is C15H9IO3. The number of hydrogen-bond donors (Lipinski definition) is 1. The molecule has 19 heavy (non-hydrogen) atoms. The maximum absolute atomic E-state index is 12.1. The van der Waals surface area contributed by atoms with Gasteiger partial charge in [0, 0.05) is 15.2 Å². The molecule has 3 aromatic rings. The lowest BCUT2D eigenvalue weighted by Crippen LogP contribution is -2.00. The summed E-state index contributed by atoms with van der Waals surface area (Å²) >= 11 is 2.16. The highest BCUT2D eigenvalue weighted by atomic mass is 125. The maximum atomic E-state index is 12.1. The van der Waals surface area contributed by atoms with Gasteiger partial charge in [-0.25, -0.2) is 0 Å². The van der Waals surface area contributed by atoms with E-state index in [-0.39, 0.29) is 11.2 Å². The van der Waals surface area contributed by atoms with Crippen LogP contribution in [0.25, 0.3) is 22.3 Å². The molecule has 2 aromatic carbocycles. The second kappa shape index (κ2) is 4.70. The highest BCUT2D eigenvalue weighted by molar-refractivity contribution is 14.1. The summed E-state index contributed by atoms with van der Waals surface area (Å²) in [6, 6.07) is 13.5. The summed E-state index contributed by atoms with van der Waals surface area (Å²) in [6.07, 6.45) is 0. The molecule has 0 saturated carbocycles. The van der Waals surface area contributed by atoms with Gasteiger partial charge in [-0.15, -0.1) is 0 Å². The van der Waals surface area contributed by atoms with Gasteiger partial charge in [-0.1, -0.05) is 0 Å². The molecule has 0 aliphatic heterocycles. The van der Waals surface area contributed by atoms with Crippen LogP contribution in [0.3, 0.4) is 0 Å². The Hall–Kier alpha value is -1.82. The number of phenols is 1. The van der Waals surface area contributed by atoms with Crippen molar-refractivity contribution in [2.24, 2.45) is 0 Å². The molecule has 94 valence electrons. The fourth-order valence-corrected chi connectivity index (χ4v) is 2.39. The topological polar surface area (TPSA) is 50.4 Å². The Morgan fingerprint density at radius 3 is 2.47 bits per heavy atom. The number of halogens is 1. The summed E-state index contributed by atoms with van der Waals surface area (Å²) in [4.78, 5) is 12.1. The zero-order valence-corrected chi connectivity index (χ0v) is 11.9. The molecular weight excluding hydrogens is 353 g/mol. The average molecular weight is 362 g/mol. The third kappa shape index (κ3) is 2.35. The van der Waals surface area contributed by atoms with E-state index in [0.29, 0.717) is 16.7 Å². The fourth-order valence-electron chi connectivity index (χ4n) is 1.90. The molecule has 0 atom stereocenters. The number of fused-ring (bicyclic) bond motifs is 1. The number of rotatable bonds is 1. The molecule has 1 heterocycles. The summed E-state index contributed by atoms with van der Waals surface area (Å²) in [6.45, 7) is 0. The van der Waals surface area contributed by atoms with Crippen LogP contribution in [0.4, 0.5) is 0 Å². The molecule has 0 fully saturated rings. The number of aromatic hydroxyl groups is 1. The van der Waals surface area contributed by atoms with E-state index in [4.69, 9.17) is 4.42 Å². The normalized spacial score (nSPS) is 10.8. The van der Waals surface area contributed by atoms with E-state index in [1.54, 1.807) is 30.3 Å². The smallest absolute Gasteiger partial charge is 0.193 e. The van der Waals surface area contributed by atoms with E-state index in [1.807, 2.05) is 12.1 Å². The zero-order valence-electron chi connectivity index (χ0n) is 9.76. The third-order valence-electron chi connectivity index (χ3n) is 2.84. The summed E-state index contributed by atoms with van der Waals surface area (Å²) in [5.41, 5.74) is 1.26. The van der Waals surface area contributed by atoms with Gasteiger partial charge < -0.3 is 9.52 Å². The van der Waals surface area contributed by atoms with Crippen molar-refractivity contribution in [2.75, 3.05) is 0 Å². The molecule has 1 aromatic heterocycles. The van der Waals surface area contributed by atoms with Gasteiger partial charge in [0.1, 0.15) is 17.1 Å². The molecule has 0 amide bonds. The molecule has 0 unspecified atom stereocenters. The van der Waals surface area contributed by atoms with Gasteiger partial charge in [-0.2, -0.15) is 0 Å². The molecule has 1 N–H and O–H groups in total. The molecule has 0 spiro atoms. The first-order chi connectivity index (χ1) is 9.13. The van der Waals surface area contributed by atoms with E-state index < -0.39 is 0 Å². The van der Waals surface area contributed by atoms with Crippen LogP contribution in [0.5, 0.6) is 5.75 Å². The van der Waals surface area contributed by atoms with Crippen LogP contribution < -0.4 is 5.43 Å². The predicted octanol–water partition coefficient (Wildman–Crippen LogP) is 3.77. The van der Waals surface area contributed by atoms with Crippen molar-refractivity contribution >= 4 is 33.6 Å². The van der Waals surface area contributed by atoms with Crippen molar-refractivity contribution in [2.45, 2.75) is 0 Å². The average Bonchev–Trinajstić information content (AvgIpc) is 2.40. The first-order valence-corrected chi connectivity index (χ1v) is 6.74. The van der Waals surface area contributed by atoms with E-state index in [1.165, 1.54) is 6.07 Å². The third-order valence-corrected chi connectivity index (χ3v) is 3.51. The van der Waals surface area contributed by atoms with Gasteiger partial charge in [0.2, 0.25) is 0 Å². The van der Waals surface area contributed by atoms with Crippen LogP contribution >= 0.6 is 22.6 Å². The Labute approximate surface area is 122 Å². The van der Waals surface area contributed by atoms with Crippen LogP contribution in [0, 0.1) is 3.57 Å². The van der Waals surface area contributed by atoms with E-state index in [2.05, 4.69) is 22.6 Å². The summed E-state index contributed by atoms with van der Waals surface area (Å²) in [7, 11) is 0. The predicted molar refractivity (Wildman–Crippen MR) is 82.3 cm³/mol. The maximum Gasteiger partial charge on any atom is 0.193 e. The lowest BCUT2D eigenvalue weighted by molar-refractivity contribution is 0.475. The summed E-state index contributed by atoms with van der Waals surface area (Å²) < 4.78 is 6.73. The first kappa shape index (κ1) is 12.2. The minimum Gasteiger partial charge on any atom is -0.508 e. The molecule has 0 radical (unpaired) electrons.